The van der Waals surface area contributed by atoms with Gasteiger partial charge < -0.3 is 5.32 Å². The van der Waals surface area contributed by atoms with Crippen LogP contribution in [-0.4, -0.2) is 35.6 Å². The Morgan fingerprint density at radius 3 is 2.94 bits per heavy atom. The maximum atomic E-state index is 4.49. The monoisotopic (exact) mass is 267 g/mol. The number of nitrogens with zero attached hydrogens (tertiary/aromatic N) is 2. The lowest BCUT2D eigenvalue weighted by molar-refractivity contribution is 0.148. The number of nitrogens with one attached hydrogen (secondary N) is 1. The van der Waals surface area contributed by atoms with E-state index in [0.717, 1.165) is 12.5 Å². The van der Waals surface area contributed by atoms with Gasteiger partial charge in [-0.1, -0.05) is 13.8 Å². The quantitative estimate of drug-likeness (QED) is 0.889. The van der Waals surface area contributed by atoms with Gasteiger partial charge in [-0.3, -0.25) is 4.90 Å². The van der Waals surface area contributed by atoms with Crippen molar-refractivity contribution < 1.29 is 0 Å². The fraction of sp³-hybridized carbons (Fsp3) is 0.786. The van der Waals surface area contributed by atoms with Crippen LogP contribution in [0.25, 0.3) is 0 Å². The first kappa shape index (κ1) is 14.0. The van der Waals surface area contributed by atoms with Gasteiger partial charge in [0.1, 0.15) is 5.01 Å². The summed E-state index contributed by atoms with van der Waals surface area (Å²) < 4.78 is 0. The lowest BCUT2D eigenvalue weighted by Gasteiger charge is -2.33. The topological polar surface area (TPSA) is 28.2 Å². The Balaban J connectivity index is 1.92. The summed E-state index contributed by atoms with van der Waals surface area (Å²) in [6.07, 6.45) is 3.21. The zero-order chi connectivity index (χ0) is 13.2. The number of thiazole rings is 1. The lowest BCUT2D eigenvalue weighted by Crippen LogP contribution is -2.40. The van der Waals surface area contributed by atoms with Crippen molar-refractivity contribution in [2.45, 2.75) is 45.7 Å². The molecular weight excluding hydrogens is 242 g/mol. The second-order valence-corrected chi connectivity index (χ2v) is 6.95. The van der Waals surface area contributed by atoms with Gasteiger partial charge in [-0.05, 0) is 39.3 Å². The molecule has 1 N–H and O–H groups in total. The highest BCUT2D eigenvalue weighted by Crippen LogP contribution is 2.33. The van der Waals surface area contributed by atoms with Crippen LogP contribution in [0.2, 0.25) is 0 Å². The summed E-state index contributed by atoms with van der Waals surface area (Å²) in [5.74, 6) is 0.784. The summed E-state index contributed by atoms with van der Waals surface area (Å²) in [6.45, 7) is 12.5. The van der Waals surface area contributed by atoms with E-state index in [1.165, 1.54) is 24.5 Å². The number of hydrogen-bond donors (Lipinski definition) is 1. The van der Waals surface area contributed by atoms with Crippen molar-refractivity contribution in [2.75, 3.05) is 19.6 Å². The second-order valence-electron chi connectivity index (χ2n) is 6.06. The van der Waals surface area contributed by atoms with Gasteiger partial charge in [0.05, 0.1) is 5.54 Å². The van der Waals surface area contributed by atoms with Crippen LogP contribution in [0.15, 0.2) is 11.6 Å². The van der Waals surface area contributed by atoms with Crippen molar-refractivity contribution >= 4 is 11.3 Å². The molecule has 0 spiro atoms. The summed E-state index contributed by atoms with van der Waals surface area (Å²) in [7, 11) is 0. The van der Waals surface area contributed by atoms with E-state index in [1.807, 2.05) is 6.20 Å². The minimum Gasteiger partial charge on any atom is -0.314 e. The second kappa shape index (κ2) is 5.68. The number of likely N-dealkylation sites (tertiary alicyclic amines) is 1. The lowest BCUT2D eigenvalue weighted by atomic mass is 10.0. The first-order chi connectivity index (χ1) is 8.50. The fourth-order valence-corrected chi connectivity index (χ4v) is 3.36. The van der Waals surface area contributed by atoms with Crippen LogP contribution >= 0.6 is 11.3 Å². The third-order valence-corrected chi connectivity index (χ3v) is 4.93. The van der Waals surface area contributed by atoms with E-state index in [4.69, 9.17) is 0 Å². The first-order valence-corrected chi connectivity index (χ1v) is 7.76. The Hall–Kier alpha value is -0.450. The van der Waals surface area contributed by atoms with E-state index in [1.54, 1.807) is 11.3 Å². The molecule has 1 saturated heterocycles. The van der Waals surface area contributed by atoms with Crippen molar-refractivity contribution in [1.82, 2.24) is 15.2 Å². The van der Waals surface area contributed by atoms with Crippen LogP contribution in [-0.2, 0) is 5.54 Å². The molecule has 0 aliphatic carbocycles. The van der Waals surface area contributed by atoms with Crippen molar-refractivity contribution in [3.05, 3.63) is 16.6 Å². The molecular formula is C14H25N3S. The average Bonchev–Trinajstić information content (AvgIpc) is 2.98. The molecule has 0 radical (unpaired) electrons. The van der Waals surface area contributed by atoms with Gasteiger partial charge in [-0.25, -0.2) is 4.98 Å². The van der Waals surface area contributed by atoms with E-state index in [2.05, 4.69) is 48.3 Å². The standard InChI is InChI=1S/C14H25N3S/c1-11(2)16-9-12-5-7-17(10-12)14(3,4)13-15-6-8-18-13/h6,8,11-12,16H,5,7,9-10H2,1-4H3. The third-order valence-electron chi connectivity index (χ3n) is 3.85. The minimum absolute atomic E-state index is 0.0841. The van der Waals surface area contributed by atoms with E-state index in [0.29, 0.717) is 6.04 Å². The molecule has 1 aromatic heterocycles. The van der Waals surface area contributed by atoms with Gasteiger partial charge in [0.25, 0.3) is 0 Å². The largest absolute Gasteiger partial charge is 0.314 e. The van der Waals surface area contributed by atoms with Crippen LogP contribution in [0, 0.1) is 5.92 Å². The van der Waals surface area contributed by atoms with Gasteiger partial charge in [0.15, 0.2) is 0 Å². The van der Waals surface area contributed by atoms with Crippen molar-refractivity contribution in [3.63, 3.8) is 0 Å². The smallest absolute Gasteiger partial charge is 0.112 e. The highest BCUT2D eigenvalue weighted by atomic mass is 32.1. The van der Waals surface area contributed by atoms with Crippen LogP contribution in [0.3, 0.4) is 0 Å². The minimum atomic E-state index is 0.0841. The fourth-order valence-electron chi connectivity index (χ4n) is 2.57. The predicted molar refractivity (Wildman–Crippen MR) is 78.0 cm³/mol. The molecule has 102 valence electrons. The molecule has 1 unspecified atom stereocenters. The van der Waals surface area contributed by atoms with Gasteiger partial charge in [0, 0.05) is 24.2 Å². The van der Waals surface area contributed by atoms with Crippen molar-refractivity contribution in [1.29, 1.82) is 0 Å². The molecule has 0 aromatic carbocycles. The average molecular weight is 267 g/mol. The molecule has 0 saturated carbocycles. The van der Waals surface area contributed by atoms with Crippen molar-refractivity contribution in [2.24, 2.45) is 5.92 Å². The van der Waals surface area contributed by atoms with E-state index < -0.39 is 0 Å². The molecule has 3 nitrogen and oxygen atoms in total. The summed E-state index contributed by atoms with van der Waals surface area (Å²) in [5.41, 5.74) is 0.0841. The normalized spacial score (nSPS) is 21.9. The molecule has 18 heavy (non-hydrogen) atoms. The molecule has 2 heterocycles. The molecule has 1 aliphatic heterocycles. The predicted octanol–water partition coefficient (Wildman–Crippen LogP) is 2.70. The molecule has 0 amide bonds. The van der Waals surface area contributed by atoms with Crippen LogP contribution < -0.4 is 5.32 Å². The maximum Gasteiger partial charge on any atom is 0.112 e. The Labute approximate surface area is 115 Å². The summed E-state index contributed by atoms with van der Waals surface area (Å²) >= 11 is 1.77. The Bertz CT molecular complexity index is 359. The van der Waals surface area contributed by atoms with E-state index in [9.17, 15) is 0 Å². The van der Waals surface area contributed by atoms with Crippen molar-refractivity contribution in [3.8, 4) is 0 Å². The Morgan fingerprint density at radius 2 is 2.33 bits per heavy atom. The summed E-state index contributed by atoms with van der Waals surface area (Å²) in [6, 6.07) is 0.589. The van der Waals surface area contributed by atoms with Crippen LogP contribution in [0.4, 0.5) is 0 Å². The molecule has 2 rings (SSSR count). The molecule has 1 fully saturated rings. The molecule has 1 atom stereocenters. The first-order valence-electron chi connectivity index (χ1n) is 6.88. The van der Waals surface area contributed by atoms with Crippen LogP contribution in [0.1, 0.15) is 39.1 Å². The number of aromatic nitrogens is 1. The highest BCUT2D eigenvalue weighted by Gasteiger charge is 2.36. The van der Waals surface area contributed by atoms with Gasteiger partial charge >= 0.3 is 0 Å². The molecule has 1 aliphatic rings. The molecule has 1 aromatic rings. The number of hydrogen-bond acceptors (Lipinski definition) is 4. The summed E-state index contributed by atoms with van der Waals surface area (Å²) in [5, 5.41) is 6.86. The SMILES string of the molecule is CC(C)NCC1CCN(C(C)(C)c2nccs2)C1. The van der Waals surface area contributed by atoms with Gasteiger partial charge in [-0.2, -0.15) is 0 Å². The van der Waals surface area contributed by atoms with Gasteiger partial charge in [-0.15, -0.1) is 11.3 Å². The van der Waals surface area contributed by atoms with E-state index in [-0.39, 0.29) is 5.54 Å². The Morgan fingerprint density at radius 1 is 1.56 bits per heavy atom. The summed E-state index contributed by atoms with van der Waals surface area (Å²) in [4.78, 5) is 7.07. The third kappa shape index (κ3) is 3.11. The molecule has 0 bridgehead atoms. The van der Waals surface area contributed by atoms with Crippen LogP contribution in [0.5, 0.6) is 0 Å². The maximum absolute atomic E-state index is 4.49. The zero-order valence-corrected chi connectivity index (χ0v) is 12.8. The Kier molecular flexibility index (Phi) is 4.41. The van der Waals surface area contributed by atoms with E-state index >= 15 is 0 Å². The zero-order valence-electron chi connectivity index (χ0n) is 11.9. The molecule has 4 heteroatoms. The highest BCUT2D eigenvalue weighted by molar-refractivity contribution is 7.09. The van der Waals surface area contributed by atoms with Gasteiger partial charge in [0.2, 0.25) is 0 Å². The number of rotatable bonds is 5.